The molecule has 0 aliphatic heterocycles. The van der Waals surface area contributed by atoms with Crippen molar-refractivity contribution in [2.75, 3.05) is 31.9 Å². The molecule has 0 saturated heterocycles. The number of methoxy groups -OCH3 is 2. The van der Waals surface area contributed by atoms with Crippen LogP contribution in [0.5, 0.6) is 11.6 Å². The standard InChI is InChI=1S/C19H18N6O3/c1-20-16-12(6-8-21-18(16)28-3)22-17(26)13-7-9-25-15-5-4-11(27-2)10-14(15)24-19(25)23-13/h4-10,20H,1-3H3,(H,21,22,26). The van der Waals surface area contributed by atoms with Crippen LogP contribution in [0.15, 0.2) is 42.7 Å². The van der Waals surface area contributed by atoms with E-state index in [1.165, 1.54) is 7.11 Å². The number of nitrogens with one attached hydrogen (secondary N) is 2. The predicted octanol–water partition coefficient (Wildman–Crippen LogP) is 2.59. The van der Waals surface area contributed by atoms with Crippen molar-refractivity contribution in [1.82, 2.24) is 19.4 Å². The average molecular weight is 378 g/mol. The van der Waals surface area contributed by atoms with E-state index in [9.17, 15) is 4.79 Å². The maximum atomic E-state index is 12.7. The summed E-state index contributed by atoms with van der Waals surface area (Å²) in [6, 6.07) is 8.91. The number of carbonyl (C=O) groups excluding carboxylic acids is 1. The molecule has 9 nitrogen and oxygen atoms in total. The van der Waals surface area contributed by atoms with Crippen LogP contribution in [0.1, 0.15) is 10.5 Å². The van der Waals surface area contributed by atoms with Gasteiger partial charge in [0.1, 0.15) is 17.1 Å². The van der Waals surface area contributed by atoms with E-state index in [0.29, 0.717) is 28.8 Å². The highest BCUT2D eigenvalue weighted by molar-refractivity contribution is 6.05. The van der Waals surface area contributed by atoms with Crippen LogP contribution in [0.25, 0.3) is 16.8 Å². The molecule has 28 heavy (non-hydrogen) atoms. The minimum absolute atomic E-state index is 0.243. The molecule has 0 radical (unpaired) electrons. The summed E-state index contributed by atoms with van der Waals surface area (Å²) in [5, 5.41) is 5.81. The molecule has 0 saturated carbocycles. The Hall–Kier alpha value is -3.88. The van der Waals surface area contributed by atoms with Gasteiger partial charge in [-0.05, 0) is 24.3 Å². The topological polar surface area (TPSA) is 103 Å². The van der Waals surface area contributed by atoms with Crippen LogP contribution < -0.4 is 20.1 Å². The molecule has 0 fully saturated rings. The Kier molecular flexibility index (Phi) is 4.40. The molecule has 0 aliphatic carbocycles. The SMILES string of the molecule is CNc1c(NC(=O)c2ccn3c(n2)nc2cc(OC)ccc23)ccnc1OC. The normalized spacial score (nSPS) is 10.8. The molecule has 1 aromatic carbocycles. The first-order chi connectivity index (χ1) is 13.6. The number of ether oxygens (including phenoxy) is 2. The van der Waals surface area contributed by atoms with Gasteiger partial charge in [0, 0.05) is 25.5 Å². The molecular formula is C19H18N6O3. The number of fused-ring (bicyclic) bond motifs is 3. The monoisotopic (exact) mass is 378 g/mol. The number of benzene rings is 1. The van der Waals surface area contributed by atoms with Crippen LogP contribution >= 0.6 is 0 Å². The zero-order valence-corrected chi connectivity index (χ0v) is 15.6. The molecule has 3 heterocycles. The third kappa shape index (κ3) is 2.92. The number of pyridine rings is 1. The van der Waals surface area contributed by atoms with Crippen LogP contribution in [0.3, 0.4) is 0 Å². The summed E-state index contributed by atoms with van der Waals surface area (Å²) in [5.41, 5.74) is 2.98. The molecule has 2 N–H and O–H groups in total. The largest absolute Gasteiger partial charge is 0.497 e. The number of nitrogens with zero attached hydrogens (tertiary/aromatic N) is 4. The van der Waals surface area contributed by atoms with Gasteiger partial charge in [0.15, 0.2) is 0 Å². The maximum Gasteiger partial charge on any atom is 0.274 e. The van der Waals surface area contributed by atoms with E-state index < -0.39 is 0 Å². The van der Waals surface area contributed by atoms with Gasteiger partial charge in [0.25, 0.3) is 5.91 Å². The van der Waals surface area contributed by atoms with Crippen LogP contribution in [0.4, 0.5) is 11.4 Å². The van der Waals surface area contributed by atoms with E-state index in [0.717, 1.165) is 11.0 Å². The lowest BCUT2D eigenvalue weighted by Gasteiger charge is -2.13. The van der Waals surface area contributed by atoms with Gasteiger partial charge in [-0.3, -0.25) is 9.20 Å². The van der Waals surface area contributed by atoms with E-state index in [4.69, 9.17) is 9.47 Å². The quantitative estimate of drug-likeness (QED) is 0.550. The fraction of sp³-hybridized carbons (Fsp3) is 0.158. The second-order valence-electron chi connectivity index (χ2n) is 5.90. The van der Waals surface area contributed by atoms with Gasteiger partial charge in [0.05, 0.1) is 30.9 Å². The van der Waals surface area contributed by atoms with Crippen molar-refractivity contribution < 1.29 is 14.3 Å². The molecule has 0 aliphatic rings. The summed E-state index contributed by atoms with van der Waals surface area (Å²) in [7, 11) is 4.84. The first kappa shape index (κ1) is 17.5. The van der Waals surface area contributed by atoms with Crippen molar-refractivity contribution in [1.29, 1.82) is 0 Å². The predicted molar refractivity (Wildman–Crippen MR) is 105 cm³/mol. The van der Waals surface area contributed by atoms with E-state index in [2.05, 4.69) is 25.6 Å². The summed E-state index contributed by atoms with van der Waals surface area (Å²) < 4.78 is 12.3. The lowest BCUT2D eigenvalue weighted by atomic mass is 10.3. The molecule has 4 rings (SSSR count). The first-order valence-electron chi connectivity index (χ1n) is 8.49. The highest BCUT2D eigenvalue weighted by Gasteiger charge is 2.15. The Labute approximate surface area is 160 Å². The number of hydrogen-bond acceptors (Lipinski definition) is 7. The van der Waals surface area contributed by atoms with Gasteiger partial charge in [0.2, 0.25) is 11.7 Å². The minimum atomic E-state index is -0.364. The minimum Gasteiger partial charge on any atom is -0.497 e. The molecule has 3 aromatic heterocycles. The number of amides is 1. The Morgan fingerprint density at radius 3 is 2.71 bits per heavy atom. The molecule has 0 bridgehead atoms. The number of carbonyl (C=O) groups is 1. The zero-order valence-electron chi connectivity index (χ0n) is 15.6. The van der Waals surface area contributed by atoms with E-state index in [-0.39, 0.29) is 11.6 Å². The molecule has 9 heteroatoms. The Bertz CT molecular complexity index is 1190. The molecule has 0 atom stereocenters. The smallest absolute Gasteiger partial charge is 0.274 e. The highest BCUT2D eigenvalue weighted by atomic mass is 16.5. The van der Waals surface area contributed by atoms with Crippen LogP contribution in [0, 0.1) is 0 Å². The second kappa shape index (κ2) is 7.03. The number of anilines is 2. The second-order valence-corrected chi connectivity index (χ2v) is 5.90. The molecule has 0 spiro atoms. The summed E-state index contributed by atoms with van der Waals surface area (Å²) in [6.07, 6.45) is 3.33. The molecule has 142 valence electrons. The summed E-state index contributed by atoms with van der Waals surface area (Å²) >= 11 is 0. The Morgan fingerprint density at radius 2 is 1.96 bits per heavy atom. The Balaban J connectivity index is 1.69. The average Bonchev–Trinajstić information content (AvgIpc) is 3.10. The van der Waals surface area contributed by atoms with E-state index in [1.54, 1.807) is 38.7 Å². The summed E-state index contributed by atoms with van der Waals surface area (Å²) in [5.74, 6) is 1.16. The third-order valence-electron chi connectivity index (χ3n) is 4.32. The van der Waals surface area contributed by atoms with Gasteiger partial charge in [-0.2, -0.15) is 0 Å². The summed E-state index contributed by atoms with van der Waals surface area (Å²) in [4.78, 5) is 25.7. The molecular weight excluding hydrogens is 360 g/mol. The van der Waals surface area contributed by atoms with E-state index in [1.807, 2.05) is 22.6 Å². The van der Waals surface area contributed by atoms with Crippen molar-refractivity contribution in [3.8, 4) is 11.6 Å². The molecule has 0 unspecified atom stereocenters. The van der Waals surface area contributed by atoms with Gasteiger partial charge in [-0.1, -0.05) is 0 Å². The number of aromatic nitrogens is 4. The number of imidazole rings is 1. The molecule has 1 amide bonds. The third-order valence-corrected chi connectivity index (χ3v) is 4.32. The van der Waals surface area contributed by atoms with E-state index >= 15 is 0 Å². The fourth-order valence-electron chi connectivity index (χ4n) is 2.96. The van der Waals surface area contributed by atoms with Gasteiger partial charge in [-0.25, -0.2) is 15.0 Å². The van der Waals surface area contributed by atoms with Gasteiger partial charge in [-0.15, -0.1) is 0 Å². The number of hydrogen-bond donors (Lipinski definition) is 2. The van der Waals surface area contributed by atoms with Gasteiger partial charge >= 0.3 is 0 Å². The maximum absolute atomic E-state index is 12.7. The molecule has 4 aromatic rings. The lowest BCUT2D eigenvalue weighted by Crippen LogP contribution is -2.15. The number of rotatable bonds is 5. The van der Waals surface area contributed by atoms with Gasteiger partial charge < -0.3 is 20.1 Å². The van der Waals surface area contributed by atoms with Crippen molar-refractivity contribution in [2.45, 2.75) is 0 Å². The van der Waals surface area contributed by atoms with Crippen molar-refractivity contribution >= 4 is 34.1 Å². The summed E-state index contributed by atoms with van der Waals surface area (Å²) in [6.45, 7) is 0. The highest BCUT2D eigenvalue weighted by Crippen LogP contribution is 2.30. The fourth-order valence-corrected chi connectivity index (χ4v) is 2.96. The lowest BCUT2D eigenvalue weighted by molar-refractivity contribution is 0.102. The van der Waals surface area contributed by atoms with Crippen LogP contribution in [-0.4, -0.2) is 46.5 Å². The zero-order chi connectivity index (χ0) is 19.7. The first-order valence-corrected chi connectivity index (χ1v) is 8.49. The van der Waals surface area contributed by atoms with Crippen LogP contribution in [-0.2, 0) is 0 Å². The van der Waals surface area contributed by atoms with Crippen molar-refractivity contribution in [2.24, 2.45) is 0 Å². The van der Waals surface area contributed by atoms with Crippen molar-refractivity contribution in [3.05, 3.63) is 48.4 Å². The van der Waals surface area contributed by atoms with Crippen LogP contribution in [0.2, 0.25) is 0 Å². The Morgan fingerprint density at radius 1 is 1.11 bits per heavy atom. The van der Waals surface area contributed by atoms with Crippen molar-refractivity contribution in [3.63, 3.8) is 0 Å².